The van der Waals surface area contributed by atoms with Crippen LogP contribution >= 0.6 is 34.9 Å². The molecular formula is C28H22N4O2S3. The zero-order valence-electron chi connectivity index (χ0n) is 19.5. The van der Waals surface area contributed by atoms with E-state index >= 15 is 0 Å². The van der Waals surface area contributed by atoms with Crippen molar-refractivity contribution in [1.82, 2.24) is 10.2 Å². The average Bonchev–Trinajstić information content (AvgIpc) is 3.38. The maximum Gasteiger partial charge on any atom is 0.234 e. The van der Waals surface area contributed by atoms with Crippen LogP contribution in [0.5, 0.6) is 11.5 Å². The molecule has 0 spiro atoms. The molecule has 1 aromatic heterocycles. The number of carbonyl (C=O) groups excluding carboxylic acids is 1. The van der Waals surface area contributed by atoms with Crippen molar-refractivity contribution in [3.05, 3.63) is 109 Å². The first-order valence-corrected chi connectivity index (χ1v) is 14.0. The fourth-order valence-corrected chi connectivity index (χ4v) is 5.76. The summed E-state index contributed by atoms with van der Waals surface area (Å²) in [5, 5.41) is 15.3. The second kappa shape index (κ2) is 12.4. The van der Waals surface area contributed by atoms with E-state index in [0.29, 0.717) is 9.47 Å². The van der Waals surface area contributed by atoms with Gasteiger partial charge in [-0.05, 0) is 60.7 Å². The van der Waals surface area contributed by atoms with Crippen molar-refractivity contribution >= 4 is 57.3 Å². The zero-order valence-corrected chi connectivity index (χ0v) is 22.0. The van der Waals surface area contributed by atoms with Crippen molar-refractivity contribution in [3.63, 3.8) is 0 Å². The van der Waals surface area contributed by atoms with E-state index in [4.69, 9.17) is 4.74 Å². The van der Waals surface area contributed by atoms with Crippen molar-refractivity contribution in [2.75, 3.05) is 16.4 Å². The third-order valence-corrected chi connectivity index (χ3v) is 8.01. The highest BCUT2D eigenvalue weighted by atomic mass is 32.2. The van der Waals surface area contributed by atoms with Crippen LogP contribution in [-0.2, 0) is 4.79 Å². The molecule has 9 heteroatoms. The minimum atomic E-state index is -0.0928. The molecule has 0 radical (unpaired) electrons. The molecule has 0 saturated heterocycles. The summed E-state index contributed by atoms with van der Waals surface area (Å²) >= 11 is 4.38. The second-order valence-corrected chi connectivity index (χ2v) is 11.0. The Morgan fingerprint density at radius 1 is 0.784 bits per heavy atom. The number of hydrogen-bond donors (Lipinski definition) is 2. The van der Waals surface area contributed by atoms with Gasteiger partial charge in [-0.25, -0.2) is 0 Å². The number of hydrogen-bond acceptors (Lipinski definition) is 8. The maximum absolute atomic E-state index is 12.6. The van der Waals surface area contributed by atoms with Crippen molar-refractivity contribution in [2.24, 2.45) is 0 Å². The van der Waals surface area contributed by atoms with Crippen LogP contribution in [0.2, 0.25) is 0 Å². The Kier molecular flexibility index (Phi) is 8.37. The van der Waals surface area contributed by atoms with Crippen LogP contribution in [0.3, 0.4) is 0 Å². The summed E-state index contributed by atoms with van der Waals surface area (Å²) in [6.07, 6.45) is 0. The molecular weight excluding hydrogens is 521 g/mol. The molecule has 0 aliphatic rings. The summed E-state index contributed by atoms with van der Waals surface area (Å²) in [7, 11) is 0. The van der Waals surface area contributed by atoms with Gasteiger partial charge in [-0.15, -0.1) is 10.2 Å². The molecule has 1 heterocycles. The predicted octanol–water partition coefficient (Wildman–Crippen LogP) is 7.96. The van der Waals surface area contributed by atoms with E-state index in [2.05, 4.69) is 20.8 Å². The van der Waals surface area contributed by atoms with Crippen LogP contribution in [-0.4, -0.2) is 21.9 Å². The molecule has 6 nitrogen and oxygen atoms in total. The number of rotatable bonds is 10. The van der Waals surface area contributed by atoms with Gasteiger partial charge in [0.2, 0.25) is 11.0 Å². The number of nitrogens with one attached hydrogen (secondary N) is 2. The zero-order chi connectivity index (χ0) is 25.3. The van der Waals surface area contributed by atoms with Crippen LogP contribution in [0.1, 0.15) is 0 Å². The van der Waals surface area contributed by atoms with Gasteiger partial charge in [0.05, 0.1) is 11.4 Å². The standard InChI is InChI=1S/C28H22N4O2S3/c33-26(30-24-13-7-8-14-25(24)36-23-11-5-2-6-12-23)19-35-28-32-31-27(37-28)29-20-15-17-22(18-16-20)34-21-9-3-1-4-10-21/h1-18H,19H2,(H,29,31)(H,30,33). The Bertz CT molecular complexity index is 1450. The highest BCUT2D eigenvalue weighted by molar-refractivity contribution is 8.01. The Morgan fingerprint density at radius 2 is 1.46 bits per heavy atom. The SMILES string of the molecule is O=C(CSc1nnc(Nc2ccc(Oc3ccccc3)cc2)s1)Nc1ccccc1Sc1ccccc1. The molecule has 0 unspecified atom stereocenters. The fourth-order valence-electron chi connectivity index (χ4n) is 3.26. The van der Waals surface area contributed by atoms with Gasteiger partial charge >= 0.3 is 0 Å². The predicted molar refractivity (Wildman–Crippen MR) is 153 cm³/mol. The number of aromatic nitrogens is 2. The summed E-state index contributed by atoms with van der Waals surface area (Å²) in [5.41, 5.74) is 1.67. The molecule has 0 atom stereocenters. The number of benzene rings is 4. The Labute approximate surface area is 227 Å². The molecule has 0 bridgehead atoms. The smallest absolute Gasteiger partial charge is 0.234 e. The Balaban J connectivity index is 1.12. The molecule has 0 fully saturated rings. The van der Waals surface area contributed by atoms with E-state index < -0.39 is 0 Å². The molecule has 184 valence electrons. The number of anilines is 3. The van der Waals surface area contributed by atoms with Crippen molar-refractivity contribution < 1.29 is 9.53 Å². The maximum atomic E-state index is 12.6. The molecule has 1 amide bonds. The van der Waals surface area contributed by atoms with E-state index in [-0.39, 0.29) is 11.7 Å². The van der Waals surface area contributed by atoms with Crippen LogP contribution in [0.15, 0.2) is 123 Å². The number of para-hydroxylation sites is 2. The average molecular weight is 543 g/mol. The van der Waals surface area contributed by atoms with Crippen LogP contribution in [0, 0.1) is 0 Å². The lowest BCUT2D eigenvalue weighted by Gasteiger charge is -2.10. The number of carbonyl (C=O) groups is 1. The largest absolute Gasteiger partial charge is 0.457 e. The summed E-state index contributed by atoms with van der Waals surface area (Å²) in [5.74, 6) is 1.69. The van der Waals surface area contributed by atoms with Gasteiger partial charge in [-0.1, -0.05) is 83.4 Å². The van der Waals surface area contributed by atoms with E-state index in [1.165, 1.54) is 23.1 Å². The van der Waals surface area contributed by atoms with Crippen molar-refractivity contribution in [1.29, 1.82) is 0 Å². The van der Waals surface area contributed by atoms with Crippen molar-refractivity contribution in [3.8, 4) is 11.5 Å². The lowest BCUT2D eigenvalue weighted by atomic mass is 10.3. The lowest BCUT2D eigenvalue weighted by molar-refractivity contribution is -0.113. The lowest BCUT2D eigenvalue weighted by Crippen LogP contribution is -2.14. The van der Waals surface area contributed by atoms with Gasteiger partial charge in [0, 0.05) is 15.5 Å². The number of amides is 1. The van der Waals surface area contributed by atoms with Crippen LogP contribution < -0.4 is 15.4 Å². The van der Waals surface area contributed by atoms with Gasteiger partial charge in [0.15, 0.2) is 4.34 Å². The summed E-state index contributed by atoms with van der Waals surface area (Å²) in [6, 6.07) is 35.2. The number of thioether (sulfide) groups is 1. The molecule has 0 saturated carbocycles. The normalized spacial score (nSPS) is 10.6. The minimum absolute atomic E-state index is 0.0928. The van der Waals surface area contributed by atoms with Crippen LogP contribution in [0.4, 0.5) is 16.5 Å². The van der Waals surface area contributed by atoms with E-state index in [0.717, 1.165) is 32.7 Å². The van der Waals surface area contributed by atoms with E-state index in [9.17, 15) is 4.79 Å². The Hall–Kier alpha value is -3.79. The van der Waals surface area contributed by atoms with Gasteiger partial charge in [0.1, 0.15) is 11.5 Å². The minimum Gasteiger partial charge on any atom is -0.457 e. The van der Waals surface area contributed by atoms with E-state index in [1.54, 1.807) is 11.8 Å². The first-order chi connectivity index (χ1) is 18.2. The number of nitrogens with zero attached hydrogens (tertiary/aromatic N) is 2. The monoisotopic (exact) mass is 542 g/mol. The quantitative estimate of drug-likeness (QED) is 0.173. The van der Waals surface area contributed by atoms with Crippen molar-refractivity contribution in [2.45, 2.75) is 14.1 Å². The Morgan fingerprint density at radius 3 is 2.24 bits per heavy atom. The summed E-state index contributed by atoms with van der Waals surface area (Å²) in [6.45, 7) is 0. The first-order valence-electron chi connectivity index (χ1n) is 11.4. The molecule has 0 aliphatic heterocycles. The molecule has 5 aromatic rings. The summed E-state index contributed by atoms with van der Waals surface area (Å²) in [4.78, 5) is 14.8. The number of ether oxygens (including phenoxy) is 1. The van der Waals surface area contributed by atoms with Gasteiger partial charge < -0.3 is 15.4 Å². The molecule has 0 aliphatic carbocycles. The molecule has 37 heavy (non-hydrogen) atoms. The molecule has 4 aromatic carbocycles. The van der Waals surface area contributed by atoms with Gasteiger partial charge in [0.25, 0.3) is 0 Å². The summed E-state index contributed by atoms with van der Waals surface area (Å²) < 4.78 is 6.54. The van der Waals surface area contributed by atoms with Gasteiger partial charge in [-0.2, -0.15) is 0 Å². The molecule has 5 rings (SSSR count). The second-order valence-electron chi connectivity index (χ2n) is 7.69. The highest BCUT2D eigenvalue weighted by Crippen LogP contribution is 2.34. The highest BCUT2D eigenvalue weighted by Gasteiger charge is 2.11. The third-order valence-electron chi connectivity index (χ3n) is 4.95. The molecule has 2 N–H and O–H groups in total. The van der Waals surface area contributed by atoms with Crippen LogP contribution in [0.25, 0.3) is 0 Å². The fraction of sp³-hybridized carbons (Fsp3) is 0.0357. The van der Waals surface area contributed by atoms with E-state index in [1.807, 2.05) is 109 Å². The first kappa shape index (κ1) is 24.9. The third kappa shape index (κ3) is 7.36. The van der Waals surface area contributed by atoms with Gasteiger partial charge in [-0.3, -0.25) is 4.79 Å². The topological polar surface area (TPSA) is 76.1 Å².